The zero-order valence-corrected chi connectivity index (χ0v) is 14.3. The number of benzene rings is 1. The summed E-state index contributed by atoms with van der Waals surface area (Å²) in [5.74, 6) is -0.160. The Hall–Kier alpha value is -2.40. The number of nitrogens with zero attached hydrogens (tertiary/aromatic N) is 2. The van der Waals surface area contributed by atoms with Crippen LogP contribution in [0.1, 0.15) is 24.5 Å². The van der Waals surface area contributed by atoms with Gasteiger partial charge in [0.05, 0.1) is 0 Å². The average Bonchev–Trinajstić information content (AvgIpc) is 2.58. The maximum Gasteiger partial charge on any atom is 0.222 e. The molecule has 0 fully saturated rings. The molecule has 2 rings (SSSR count). The van der Waals surface area contributed by atoms with Crippen LogP contribution >= 0.6 is 11.6 Å². The third-order valence-electron chi connectivity index (χ3n) is 3.55. The van der Waals surface area contributed by atoms with Gasteiger partial charge in [-0.05, 0) is 29.3 Å². The first-order valence-electron chi connectivity index (χ1n) is 7.70. The van der Waals surface area contributed by atoms with E-state index in [4.69, 9.17) is 11.6 Å². The highest BCUT2D eigenvalue weighted by Gasteiger charge is 2.12. The molecule has 126 valence electrons. The molecule has 1 heterocycles. The van der Waals surface area contributed by atoms with E-state index >= 15 is 0 Å². The molecule has 0 aliphatic carbocycles. The van der Waals surface area contributed by atoms with Crippen molar-refractivity contribution in [3.8, 4) is 0 Å². The van der Waals surface area contributed by atoms with Gasteiger partial charge < -0.3 is 10.2 Å². The van der Waals surface area contributed by atoms with Crippen molar-refractivity contribution in [3.63, 3.8) is 0 Å². The van der Waals surface area contributed by atoms with Gasteiger partial charge in [0.25, 0.3) is 0 Å². The van der Waals surface area contributed by atoms with E-state index in [1.165, 1.54) is 6.92 Å². The zero-order chi connectivity index (χ0) is 17.4. The van der Waals surface area contributed by atoms with Crippen LogP contribution in [0, 0.1) is 0 Å². The molecule has 0 aliphatic rings. The fourth-order valence-electron chi connectivity index (χ4n) is 2.19. The Labute approximate surface area is 146 Å². The van der Waals surface area contributed by atoms with E-state index in [2.05, 4.69) is 10.3 Å². The summed E-state index contributed by atoms with van der Waals surface area (Å²) < 4.78 is 0. The number of halogens is 1. The van der Waals surface area contributed by atoms with E-state index in [-0.39, 0.29) is 18.2 Å². The standard InChI is InChI=1S/C18H20ClN3O2/c1-14(23)22(13-16-3-2-9-20-11-16)10-8-18(24)21-12-15-4-6-17(19)7-5-15/h2-7,9,11H,8,10,12-13H2,1H3,(H,21,24). The van der Waals surface area contributed by atoms with Gasteiger partial charge in [0.1, 0.15) is 0 Å². The maximum atomic E-state index is 12.0. The predicted octanol–water partition coefficient (Wildman–Crippen LogP) is 2.79. The molecule has 0 spiro atoms. The number of hydrogen-bond donors (Lipinski definition) is 1. The van der Waals surface area contributed by atoms with Crippen LogP contribution in [0.2, 0.25) is 5.02 Å². The topological polar surface area (TPSA) is 62.3 Å². The zero-order valence-electron chi connectivity index (χ0n) is 13.5. The molecule has 0 saturated heterocycles. The van der Waals surface area contributed by atoms with Crippen LogP contribution in [0.25, 0.3) is 0 Å². The van der Waals surface area contributed by atoms with Crippen LogP contribution in [-0.2, 0) is 22.7 Å². The van der Waals surface area contributed by atoms with Gasteiger partial charge in [0, 0.05) is 50.4 Å². The van der Waals surface area contributed by atoms with Gasteiger partial charge in [-0.25, -0.2) is 0 Å². The van der Waals surface area contributed by atoms with Crippen molar-refractivity contribution in [1.29, 1.82) is 0 Å². The maximum absolute atomic E-state index is 12.0. The van der Waals surface area contributed by atoms with Crippen molar-refractivity contribution in [2.45, 2.75) is 26.4 Å². The molecule has 1 N–H and O–H groups in total. The summed E-state index contributed by atoms with van der Waals surface area (Å²) in [6.45, 7) is 2.77. The summed E-state index contributed by atoms with van der Waals surface area (Å²) in [7, 11) is 0. The Bertz CT molecular complexity index is 674. The molecule has 0 saturated carbocycles. The van der Waals surface area contributed by atoms with E-state index in [0.29, 0.717) is 24.7 Å². The minimum absolute atomic E-state index is 0.0654. The smallest absolute Gasteiger partial charge is 0.222 e. The lowest BCUT2D eigenvalue weighted by Gasteiger charge is -2.20. The molecule has 1 aromatic heterocycles. The monoisotopic (exact) mass is 345 g/mol. The summed E-state index contributed by atoms with van der Waals surface area (Å²) in [5.41, 5.74) is 1.92. The van der Waals surface area contributed by atoms with Gasteiger partial charge in [0.2, 0.25) is 11.8 Å². The van der Waals surface area contributed by atoms with Gasteiger partial charge in [-0.1, -0.05) is 29.8 Å². The summed E-state index contributed by atoms with van der Waals surface area (Å²) in [6.07, 6.45) is 3.66. The van der Waals surface area contributed by atoms with Crippen molar-refractivity contribution in [3.05, 3.63) is 64.9 Å². The van der Waals surface area contributed by atoms with Crippen LogP contribution < -0.4 is 5.32 Å². The molecule has 0 bridgehead atoms. The van der Waals surface area contributed by atoms with Gasteiger partial charge >= 0.3 is 0 Å². The van der Waals surface area contributed by atoms with Crippen molar-refractivity contribution in [2.75, 3.05) is 6.54 Å². The van der Waals surface area contributed by atoms with Gasteiger partial charge in [-0.2, -0.15) is 0 Å². The van der Waals surface area contributed by atoms with E-state index in [1.54, 1.807) is 29.4 Å². The first-order chi connectivity index (χ1) is 11.5. The Morgan fingerprint density at radius 3 is 2.54 bits per heavy atom. The lowest BCUT2D eigenvalue weighted by Crippen LogP contribution is -2.33. The van der Waals surface area contributed by atoms with E-state index in [1.807, 2.05) is 24.3 Å². The van der Waals surface area contributed by atoms with Crippen LogP contribution in [0.5, 0.6) is 0 Å². The van der Waals surface area contributed by atoms with Gasteiger partial charge in [-0.15, -0.1) is 0 Å². The molecule has 6 heteroatoms. The number of carbonyl (C=O) groups is 2. The minimum atomic E-state index is -0.0950. The Kier molecular flexibility index (Phi) is 6.75. The summed E-state index contributed by atoms with van der Waals surface area (Å²) >= 11 is 5.83. The summed E-state index contributed by atoms with van der Waals surface area (Å²) in [4.78, 5) is 29.4. The number of carbonyl (C=O) groups excluding carboxylic acids is 2. The molecule has 2 aromatic rings. The molecule has 24 heavy (non-hydrogen) atoms. The highest BCUT2D eigenvalue weighted by atomic mass is 35.5. The highest BCUT2D eigenvalue weighted by molar-refractivity contribution is 6.30. The van der Waals surface area contributed by atoms with Gasteiger partial charge in [-0.3, -0.25) is 14.6 Å². The largest absolute Gasteiger partial charge is 0.352 e. The minimum Gasteiger partial charge on any atom is -0.352 e. The number of amides is 2. The summed E-state index contributed by atoms with van der Waals surface area (Å²) in [5, 5.41) is 3.51. The van der Waals surface area contributed by atoms with E-state index in [0.717, 1.165) is 11.1 Å². The second-order valence-electron chi connectivity index (χ2n) is 5.46. The number of hydrogen-bond acceptors (Lipinski definition) is 3. The molecule has 0 radical (unpaired) electrons. The second kappa shape index (κ2) is 9.03. The predicted molar refractivity (Wildman–Crippen MR) is 93.2 cm³/mol. The van der Waals surface area contributed by atoms with Crippen molar-refractivity contribution < 1.29 is 9.59 Å². The van der Waals surface area contributed by atoms with Crippen molar-refractivity contribution in [1.82, 2.24) is 15.2 Å². The normalized spacial score (nSPS) is 10.2. The number of aromatic nitrogens is 1. The quantitative estimate of drug-likeness (QED) is 0.839. The molecule has 0 unspecified atom stereocenters. The Morgan fingerprint density at radius 2 is 1.92 bits per heavy atom. The van der Waals surface area contributed by atoms with Crippen LogP contribution in [0.15, 0.2) is 48.8 Å². The SMILES string of the molecule is CC(=O)N(CCC(=O)NCc1ccc(Cl)cc1)Cc1cccnc1. The fourth-order valence-corrected chi connectivity index (χ4v) is 2.31. The number of rotatable bonds is 7. The molecule has 5 nitrogen and oxygen atoms in total. The van der Waals surface area contributed by atoms with Crippen LogP contribution in [0.4, 0.5) is 0 Å². The second-order valence-corrected chi connectivity index (χ2v) is 5.89. The van der Waals surface area contributed by atoms with Crippen molar-refractivity contribution in [2.24, 2.45) is 0 Å². The lowest BCUT2D eigenvalue weighted by molar-refractivity contribution is -0.130. The third-order valence-corrected chi connectivity index (χ3v) is 3.81. The Balaban J connectivity index is 1.79. The van der Waals surface area contributed by atoms with E-state index < -0.39 is 0 Å². The molecule has 0 atom stereocenters. The molecule has 0 aliphatic heterocycles. The number of nitrogens with one attached hydrogen (secondary N) is 1. The van der Waals surface area contributed by atoms with E-state index in [9.17, 15) is 9.59 Å². The first kappa shape index (κ1) is 17.9. The highest BCUT2D eigenvalue weighted by Crippen LogP contribution is 2.09. The Morgan fingerprint density at radius 1 is 1.17 bits per heavy atom. The van der Waals surface area contributed by atoms with Crippen LogP contribution in [0.3, 0.4) is 0 Å². The molecular weight excluding hydrogens is 326 g/mol. The third kappa shape index (κ3) is 6.01. The average molecular weight is 346 g/mol. The number of pyridine rings is 1. The fraction of sp³-hybridized carbons (Fsp3) is 0.278. The molecule has 2 amide bonds. The molecule has 1 aromatic carbocycles. The van der Waals surface area contributed by atoms with Gasteiger partial charge in [0.15, 0.2) is 0 Å². The lowest BCUT2D eigenvalue weighted by atomic mass is 10.2. The molecular formula is C18H20ClN3O2. The summed E-state index contributed by atoms with van der Waals surface area (Å²) in [6, 6.07) is 11.0. The van der Waals surface area contributed by atoms with Crippen LogP contribution in [-0.4, -0.2) is 28.2 Å². The van der Waals surface area contributed by atoms with Crippen molar-refractivity contribution >= 4 is 23.4 Å². The first-order valence-corrected chi connectivity index (χ1v) is 8.08.